The van der Waals surface area contributed by atoms with Crippen LogP contribution in [0.4, 0.5) is 8.78 Å². The standard InChI is InChI=1S/C16H24F2N2O/c1-10-5-6-12(16(2,17)18)15(21-4)14(10)13-7-11(8-19)9-20(13)3/h5-6,11,13H,7-9,19H2,1-4H3. The van der Waals surface area contributed by atoms with Crippen LogP contribution in [0.2, 0.25) is 0 Å². The van der Waals surface area contributed by atoms with Gasteiger partial charge in [0.05, 0.1) is 12.7 Å². The maximum absolute atomic E-state index is 13.8. The van der Waals surface area contributed by atoms with Gasteiger partial charge in [0.2, 0.25) is 0 Å². The summed E-state index contributed by atoms with van der Waals surface area (Å²) >= 11 is 0. The summed E-state index contributed by atoms with van der Waals surface area (Å²) in [5.41, 5.74) is 7.57. The number of alkyl halides is 2. The Hall–Kier alpha value is -1.20. The molecular formula is C16H24F2N2O. The third-order valence-corrected chi connectivity index (χ3v) is 4.39. The Labute approximate surface area is 125 Å². The van der Waals surface area contributed by atoms with Crippen LogP contribution in [0.3, 0.4) is 0 Å². The number of halogens is 2. The second-order valence-corrected chi connectivity index (χ2v) is 6.06. The number of likely N-dealkylation sites (tertiary alicyclic amines) is 1. The van der Waals surface area contributed by atoms with E-state index in [1.165, 1.54) is 13.2 Å². The fourth-order valence-electron chi connectivity index (χ4n) is 3.29. The van der Waals surface area contributed by atoms with Crippen molar-refractivity contribution in [3.63, 3.8) is 0 Å². The summed E-state index contributed by atoms with van der Waals surface area (Å²) in [6, 6.07) is 3.30. The summed E-state index contributed by atoms with van der Waals surface area (Å²) in [5, 5.41) is 0. The van der Waals surface area contributed by atoms with Gasteiger partial charge in [-0.15, -0.1) is 0 Å². The summed E-state index contributed by atoms with van der Waals surface area (Å²) in [7, 11) is 3.47. The summed E-state index contributed by atoms with van der Waals surface area (Å²) in [4.78, 5) is 2.18. The smallest absolute Gasteiger partial charge is 0.274 e. The van der Waals surface area contributed by atoms with Gasteiger partial charge in [0.15, 0.2) is 0 Å². The number of hydrogen-bond donors (Lipinski definition) is 1. The van der Waals surface area contributed by atoms with Crippen LogP contribution in [0.5, 0.6) is 5.75 Å². The van der Waals surface area contributed by atoms with E-state index in [1.807, 2.05) is 14.0 Å². The maximum Gasteiger partial charge on any atom is 0.274 e. The lowest BCUT2D eigenvalue weighted by molar-refractivity contribution is 0.0148. The van der Waals surface area contributed by atoms with E-state index in [2.05, 4.69) is 4.90 Å². The predicted molar refractivity (Wildman–Crippen MR) is 79.8 cm³/mol. The second kappa shape index (κ2) is 5.89. The van der Waals surface area contributed by atoms with Gasteiger partial charge in [0, 0.05) is 25.1 Å². The second-order valence-electron chi connectivity index (χ2n) is 6.06. The number of rotatable bonds is 4. The van der Waals surface area contributed by atoms with Crippen molar-refractivity contribution >= 4 is 0 Å². The maximum atomic E-state index is 13.8. The predicted octanol–water partition coefficient (Wildman–Crippen LogP) is 3.07. The Bertz CT molecular complexity index is 514. The molecule has 2 unspecified atom stereocenters. The average Bonchev–Trinajstić information content (AvgIpc) is 2.77. The van der Waals surface area contributed by atoms with Gasteiger partial charge >= 0.3 is 0 Å². The highest BCUT2D eigenvalue weighted by Crippen LogP contribution is 2.45. The first-order valence-electron chi connectivity index (χ1n) is 7.25. The van der Waals surface area contributed by atoms with Crippen LogP contribution in [0.15, 0.2) is 12.1 Å². The number of hydrogen-bond acceptors (Lipinski definition) is 3. The summed E-state index contributed by atoms with van der Waals surface area (Å²) in [5.74, 6) is -2.20. The SMILES string of the molecule is COc1c(C(C)(F)F)ccc(C)c1C1CC(CN)CN1C. The molecule has 21 heavy (non-hydrogen) atoms. The largest absolute Gasteiger partial charge is 0.496 e. The average molecular weight is 298 g/mol. The van der Waals surface area contributed by atoms with Crippen molar-refractivity contribution in [2.75, 3.05) is 27.2 Å². The van der Waals surface area contributed by atoms with Crippen LogP contribution in [0, 0.1) is 12.8 Å². The number of aryl methyl sites for hydroxylation is 1. The lowest BCUT2D eigenvalue weighted by Crippen LogP contribution is -2.22. The Morgan fingerprint density at radius 2 is 2.10 bits per heavy atom. The topological polar surface area (TPSA) is 38.5 Å². The van der Waals surface area contributed by atoms with Gasteiger partial charge in [-0.2, -0.15) is 0 Å². The fourth-order valence-corrected chi connectivity index (χ4v) is 3.29. The van der Waals surface area contributed by atoms with E-state index in [4.69, 9.17) is 10.5 Å². The van der Waals surface area contributed by atoms with E-state index in [0.29, 0.717) is 18.2 Å². The highest BCUT2D eigenvalue weighted by Gasteiger charge is 2.36. The van der Waals surface area contributed by atoms with E-state index in [-0.39, 0.29) is 11.6 Å². The van der Waals surface area contributed by atoms with Gasteiger partial charge in [-0.1, -0.05) is 6.07 Å². The molecule has 1 heterocycles. The normalized spacial score (nSPS) is 23.6. The molecule has 1 fully saturated rings. The minimum absolute atomic E-state index is 0.0461. The van der Waals surface area contributed by atoms with Gasteiger partial charge in [0.1, 0.15) is 5.75 Å². The van der Waals surface area contributed by atoms with Gasteiger partial charge < -0.3 is 10.5 Å². The molecule has 2 rings (SSSR count). The van der Waals surface area contributed by atoms with Crippen LogP contribution in [0.1, 0.15) is 36.1 Å². The molecule has 0 bridgehead atoms. The monoisotopic (exact) mass is 298 g/mol. The van der Waals surface area contributed by atoms with Crippen LogP contribution >= 0.6 is 0 Å². The molecule has 1 aliphatic rings. The first kappa shape index (κ1) is 16.2. The van der Waals surface area contributed by atoms with E-state index >= 15 is 0 Å². The molecule has 5 heteroatoms. The quantitative estimate of drug-likeness (QED) is 0.928. The Balaban J connectivity index is 2.52. The summed E-state index contributed by atoms with van der Waals surface area (Å²) in [6.07, 6.45) is 0.878. The number of benzene rings is 1. The molecular weight excluding hydrogens is 274 g/mol. The zero-order valence-corrected chi connectivity index (χ0v) is 13.1. The third kappa shape index (κ3) is 3.04. The number of nitrogens with two attached hydrogens (primary N) is 1. The molecule has 0 saturated carbocycles. The lowest BCUT2D eigenvalue weighted by Gasteiger charge is -2.26. The molecule has 0 aliphatic carbocycles. The molecule has 0 radical (unpaired) electrons. The highest BCUT2D eigenvalue weighted by molar-refractivity contribution is 5.50. The van der Waals surface area contributed by atoms with Crippen molar-refractivity contribution in [1.29, 1.82) is 0 Å². The Morgan fingerprint density at radius 3 is 2.57 bits per heavy atom. The molecule has 2 N–H and O–H groups in total. The van der Waals surface area contributed by atoms with Gasteiger partial charge in [-0.25, -0.2) is 8.78 Å². The van der Waals surface area contributed by atoms with Crippen LogP contribution in [0.25, 0.3) is 0 Å². The molecule has 0 aromatic heterocycles. The molecule has 1 aromatic rings. The van der Waals surface area contributed by atoms with E-state index in [9.17, 15) is 8.78 Å². The Morgan fingerprint density at radius 1 is 1.43 bits per heavy atom. The molecule has 0 spiro atoms. The van der Waals surface area contributed by atoms with Crippen molar-refractivity contribution in [3.05, 3.63) is 28.8 Å². The fraction of sp³-hybridized carbons (Fsp3) is 0.625. The van der Waals surface area contributed by atoms with Crippen LogP contribution in [-0.4, -0.2) is 32.1 Å². The van der Waals surface area contributed by atoms with Crippen molar-refractivity contribution in [1.82, 2.24) is 4.90 Å². The van der Waals surface area contributed by atoms with Crippen molar-refractivity contribution < 1.29 is 13.5 Å². The van der Waals surface area contributed by atoms with E-state index in [1.54, 1.807) is 6.07 Å². The van der Waals surface area contributed by atoms with Crippen molar-refractivity contribution in [2.45, 2.75) is 32.2 Å². The summed E-state index contributed by atoms with van der Waals surface area (Å²) in [6.45, 7) is 4.35. The lowest BCUT2D eigenvalue weighted by atomic mass is 9.92. The van der Waals surface area contributed by atoms with Crippen LogP contribution in [-0.2, 0) is 5.92 Å². The van der Waals surface area contributed by atoms with Gasteiger partial charge in [-0.05, 0) is 44.5 Å². The zero-order valence-electron chi connectivity index (χ0n) is 13.1. The number of nitrogens with zero attached hydrogens (tertiary/aromatic N) is 1. The first-order valence-corrected chi connectivity index (χ1v) is 7.25. The molecule has 118 valence electrons. The minimum Gasteiger partial charge on any atom is -0.496 e. The zero-order chi connectivity index (χ0) is 15.8. The summed E-state index contributed by atoms with van der Waals surface area (Å²) < 4.78 is 33.0. The number of methoxy groups -OCH3 is 1. The van der Waals surface area contributed by atoms with Crippen LogP contribution < -0.4 is 10.5 Å². The van der Waals surface area contributed by atoms with E-state index < -0.39 is 5.92 Å². The molecule has 2 atom stereocenters. The molecule has 3 nitrogen and oxygen atoms in total. The highest BCUT2D eigenvalue weighted by atomic mass is 19.3. The van der Waals surface area contributed by atoms with E-state index in [0.717, 1.165) is 31.0 Å². The Kier molecular flexibility index (Phi) is 4.54. The van der Waals surface area contributed by atoms with Gasteiger partial charge in [0.25, 0.3) is 5.92 Å². The van der Waals surface area contributed by atoms with Crippen molar-refractivity contribution in [3.8, 4) is 5.75 Å². The number of ether oxygens (including phenoxy) is 1. The van der Waals surface area contributed by atoms with Crippen molar-refractivity contribution in [2.24, 2.45) is 11.7 Å². The third-order valence-electron chi connectivity index (χ3n) is 4.39. The minimum atomic E-state index is -2.92. The molecule has 1 aliphatic heterocycles. The molecule has 1 aromatic carbocycles. The van der Waals surface area contributed by atoms with Gasteiger partial charge in [-0.3, -0.25) is 4.90 Å². The molecule has 0 amide bonds. The molecule has 1 saturated heterocycles. The first-order chi connectivity index (χ1) is 9.79.